The highest BCUT2D eigenvalue weighted by molar-refractivity contribution is 5.15. The second-order valence-corrected chi connectivity index (χ2v) is 7.26. The smallest absolute Gasteiger partial charge is 0.110 e. The summed E-state index contributed by atoms with van der Waals surface area (Å²) in [4.78, 5) is 0. The fourth-order valence-corrected chi connectivity index (χ4v) is 3.83. The average molecular weight is 264 g/mol. The molecule has 0 amide bonds. The molecule has 0 bridgehead atoms. The summed E-state index contributed by atoms with van der Waals surface area (Å²) in [5.74, 6) is 0.431. The maximum Gasteiger partial charge on any atom is 0.110 e. The largest absolute Gasteiger partial charge is 0.377 e. The van der Waals surface area contributed by atoms with E-state index in [1.165, 1.54) is 12.8 Å². The molecule has 0 aromatic rings. The Morgan fingerprint density at radius 1 is 1.26 bits per heavy atom. The van der Waals surface area contributed by atoms with Gasteiger partial charge in [0, 0.05) is 13.2 Å². The van der Waals surface area contributed by atoms with E-state index in [-0.39, 0.29) is 11.0 Å². The molecule has 1 heterocycles. The summed E-state index contributed by atoms with van der Waals surface area (Å²) < 4.78 is 5.68. The van der Waals surface area contributed by atoms with Crippen molar-refractivity contribution < 1.29 is 4.74 Å². The van der Waals surface area contributed by atoms with Crippen molar-refractivity contribution >= 4 is 0 Å². The van der Waals surface area contributed by atoms with Crippen LogP contribution in [0.2, 0.25) is 0 Å². The Labute approximate surface area is 117 Å². The zero-order valence-corrected chi connectivity index (χ0v) is 12.7. The molecule has 19 heavy (non-hydrogen) atoms. The highest BCUT2D eigenvalue weighted by Gasteiger charge is 2.46. The number of nitriles is 1. The van der Waals surface area contributed by atoms with E-state index in [0.29, 0.717) is 12.0 Å². The summed E-state index contributed by atoms with van der Waals surface area (Å²) in [5.41, 5.74) is -0.165. The number of nitrogens with one attached hydrogen (secondary N) is 1. The van der Waals surface area contributed by atoms with Crippen molar-refractivity contribution in [1.82, 2.24) is 5.32 Å². The first-order chi connectivity index (χ1) is 8.98. The number of rotatable bonds is 3. The molecule has 1 saturated carbocycles. The van der Waals surface area contributed by atoms with Gasteiger partial charge in [0.15, 0.2) is 0 Å². The van der Waals surface area contributed by atoms with E-state index in [9.17, 15) is 5.26 Å². The molecule has 1 saturated heterocycles. The van der Waals surface area contributed by atoms with Gasteiger partial charge >= 0.3 is 0 Å². The van der Waals surface area contributed by atoms with Crippen LogP contribution in [0.25, 0.3) is 0 Å². The lowest BCUT2D eigenvalue weighted by atomic mass is 9.62. The monoisotopic (exact) mass is 264 g/mol. The lowest BCUT2D eigenvalue weighted by molar-refractivity contribution is 0.0613. The van der Waals surface area contributed by atoms with Gasteiger partial charge < -0.3 is 4.74 Å². The Balaban J connectivity index is 2.06. The van der Waals surface area contributed by atoms with Crippen LogP contribution in [0.1, 0.15) is 59.3 Å². The Hall–Kier alpha value is -0.590. The van der Waals surface area contributed by atoms with Crippen molar-refractivity contribution in [3.05, 3.63) is 0 Å². The molecule has 2 fully saturated rings. The molecule has 1 aliphatic carbocycles. The van der Waals surface area contributed by atoms with Crippen molar-refractivity contribution in [2.24, 2.45) is 11.3 Å². The zero-order chi connectivity index (χ0) is 13.9. The maximum absolute atomic E-state index is 9.80. The molecule has 1 aliphatic heterocycles. The zero-order valence-electron chi connectivity index (χ0n) is 12.7. The topological polar surface area (TPSA) is 45.0 Å². The molecule has 0 radical (unpaired) electrons. The molecule has 3 nitrogen and oxygen atoms in total. The van der Waals surface area contributed by atoms with E-state index in [0.717, 1.165) is 38.8 Å². The van der Waals surface area contributed by atoms with E-state index >= 15 is 0 Å². The summed E-state index contributed by atoms with van der Waals surface area (Å²) in [5, 5.41) is 13.4. The van der Waals surface area contributed by atoms with Gasteiger partial charge in [0.05, 0.1) is 12.2 Å². The van der Waals surface area contributed by atoms with Gasteiger partial charge in [-0.1, -0.05) is 33.6 Å². The van der Waals surface area contributed by atoms with Crippen LogP contribution in [-0.2, 0) is 4.74 Å². The van der Waals surface area contributed by atoms with Crippen LogP contribution in [0, 0.1) is 22.7 Å². The predicted molar refractivity (Wildman–Crippen MR) is 76.7 cm³/mol. The average Bonchev–Trinajstić information content (AvgIpc) is 2.88. The summed E-state index contributed by atoms with van der Waals surface area (Å²) in [6, 6.07) is 2.63. The van der Waals surface area contributed by atoms with Gasteiger partial charge in [0.1, 0.15) is 5.54 Å². The van der Waals surface area contributed by atoms with E-state index in [4.69, 9.17) is 4.74 Å². The van der Waals surface area contributed by atoms with Crippen LogP contribution in [0.3, 0.4) is 0 Å². The van der Waals surface area contributed by atoms with Crippen molar-refractivity contribution in [2.75, 3.05) is 13.2 Å². The number of ether oxygens (including phenoxy) is 1. The molecular weight excluding hydrogens is 236 g/mol. The minimum absolute atomic E-state index is 0.180. The molecule has 108 valence electrons. The Bertz CT molecular complexity index is 336. The second kappa shape index (κ2) is 5.81. The van der Waals surface area contributed by atoms with E-state index < -0.39 is 0 Å². The van der Waals surface area contributed by atoms with Gasteiger partial charge in [-0.3, -0.25) is 5.32 Å². The number of hydrogen-bond donors (Lipinski definition) is 1. The quantitative estimate of drug-likeness (QED) is 0.851. The third kappa shape index (κ3) is 3.30. The molecule has 3 unspecified atom stereocenters. The van der Waals surface area contributed by atoms with Crippen molar-refractivity contribution in [3.8, 4) is 6.07 Å². The van der Waals surface area contributed by atoms with Gasteiger partial charge in [-0.25, -0.2) is 0 Å². The van der Waals surface area contributed by atoms with E-state index in [2.05, 4.69) is 32.2 Å². The third-order valence-corrected chi connectivity index (χ3v) is 4.82. The predicted octanol–water partition coefficient (Wildman–Crippen LogP) is 3.25. The highest BCUT2D eigenvalue weighted by Crippen LogP contribution is 2.44. The maximum atomic E-state index is 9.80. The molecule has 1 N–H and O–H groups in total. The van der Waals surface area contributed by atoms with Gasteiger partial charge in [-0.2, -0.15) is 5.26 Å². The lowest BCUT2D eigenvalue weighted by Gasteiger charge is -2.46. The first-order valence-electron chi connectivity index (χ1n) is 7.76. The Kier molecular flexibility index (Phi) is 4.53. The molecule has 3 atom stereocenters. The van der Waals surface area contributed by atoms with Gasteiger partial charge in [0.2, 0.25) is 0 Å². The highest BCUT2D eigenvalue weighted by atomic mass is 16.5. The standard InChI is InChI=1S/C16H28N2O/c1-15(2,3)14-8-4-5-9-16(14,12-17)18-11-13-7-6-10-19-13/h13-14,18H,4-11H2,1-3H3. The molecule has 0 aromatic carbocycles. The van der Waals surface area contributed by atoms with Crippen LogP contribution >= 0.6 is 0 Å². The van der Waals surface area contributed by atoms with Gasteiger partial charge in [-0.15, -0.1) is 0 Å². The molecule has 0 aromatic heterocycles. The lowest BCUT2D eigenvalue weighted by Crippen LogP contribution is -2.57. The first kappa shape index (κ1) is 14.8. The van der Waals surface area contributed by atoms with Crippen LogP contribution in [0.5, 0.6) is 0 Å². The van der Waals surface area contributed by atoms with E-state index in [1.54, 1.807) is 0 Å². The normalized spacial score (nSPS) is 36.1. The first-order valence-corrected chi connectivity index (χ1v) is 7.76. The van der Waals surface area contributed by atoms with Crippen LogP contribution < -0.4 is 5.32 Å². The minimum atomic E-state index is -0.345. The van der Waals surface area contributed by atoms with Crippen LogP contribution in [0.15, 0.2) is 0 Å². The number of hydrogen-bond acceptors (Lipinski definition) is 3. The molecule has 2 aliphatic rings. The third-order valence-electron chi connectivity index (χ3n) is 4.82. The van der Waals surface area contributed by atoms with E-state index in [1.807, 2.05) is 0 Å². The summed E-state index contributed by atoms with van der Waals surface area (Å²) in [6.45, 7) is 8.52. The minimum Gasteiger partial charge on any atom is -0.377 e. The Morgan fingerprint density at radius 3 is 2.63 bits per heavy atom. The summed E-state index contributed by atoms with van der Waals surface area (Å²) in [7, 11) is 0. The van der Waals surface area contributed by atoms with Crippen molar-refractivity contribution in [1.29, 1.82) is 5.26 Å². The van der Waals surface area contributed by atoms with Crippen molar-refractivity contribution in [2.45, 2.75) is 70.9 Å². The molecule has 2 rings (SSSR count). The van der Waals surface area contributed by atoms with Gasteiger partial charge in [-0.05, 0) is 37.0 Å². The van der Waals surface area contributed by atoms with Crippen LogP contribution in [-0.4, -0.2) is 24.8 Å². The fourth-order valence-electron chi connectivity index (χ4n) is 3.83. The van der Waals surface area contributed by atoms with Gasteiger partial charge in [0.25, 0.3) is 0 Å². The van der Waals surface area contributed by atoms with Crippen LogP contribution in [0.4, 0.5) is 0 Å². The SMILES string of the molecule is CC(C)(C)C1CCCCC1(C#N)NCC1CCCO1. The Morgan fingerprint density at radius 2 is 2.05 bits per heavy atom. The second-order valence-electron chi connectivity index (χ2n) is 7.26. The molecule has 0 spiro atoms. The molecular formula is C16H28N2O. The van der Waals surface area contributed by atoms with Crippen molar-refractivity contribution in [3.63, 3.8) is 0 Å². The number of nitrogens with zero attached hydrogens (tertiary/aromatic N) is 1. The summed E-state index contributed by atoms with van der Waals surface area (Å²) >= 11 is 0. The summed E-state index contributed by atoms with van der Waals surface area (Å²) in [6.07, 6.45) is 7.18. The fraction of sp³-hybridized carbons (Fsp3) is 0.938. The molecule has 3 heteroatoms.